The minimum absolute atomic E-state index is 0.0400. The quantitative estimate of drug-likeness (QED) is 0.704. The van der Waals surface area contributed by atoms with Gasteiger partial charge in [0.25, 0.3) is 5.56 Å². The molecule has 10 heteroatoms. The molecule has 0 amide bonds. The SMILES string of the molecule is COCC(O)Cn1c(=O)cnn(-c2ccc(Cl)c(C(=O)OC)c2)c1=O. The Morgan fingerprint density at radius 1 is 1.36 bits per heavy atom. The molecule has 134 valence electrons. The first-order chi connectivity index (χ1) is 11.9. The average molecular weight is 370 g/mol. The monoisotopic (exact) mass is 369 g/mol. The third-order valence-electron chi connectivity index (χ3n) is 3.31. The van der Waals surface area contributed by atoms with Crippen LogP contribution in [0.5, 0.6) is 0 Å². The Kier molecular flexibility index (Phi) is 6.07. The van der Waals surface area contributed by atoms with Gasteiger partial charge in [0.2, 0.25) is 0 Å². The Hall–Kier alpha value is -2.49. The Labute approximate surface area is 147 Å². The number of aromatic nitrogens is 3. The van der Waals surface area contributed by atoms with E-state index >= 15 is 0 Å². The summed E-state index contributed by atoms with van der Waals surface area (Å²) < 4.78 is 11.2. The second-order valence-electron chi connectivity index (χ2n) is 5.05. The molecule has 9 nitrogen and oxygen atoms in total. The lowest BCUT2D eigenvalue weighted by molar-refractivity contribution is 0.0519. The fraction of sp³-hybridized carbons (Fsp3) is 0.333. The zero-order chi connectivity index (χ0) is 18.6. The van der Waals surface area contributed by atoms with E-state index in [2.05, 4.69) is 9.84 Å². The summed E-state index contributed by atoms with van der Waals surface area (Å²) in [7, 11) is 2.59. The third-order valence-corrected chi connectivity index (χ3v) is 3.64. The van der Waals surface area contributed by atoms with Crippen molar-refractivity contribution in [2.24, 2.45) is 0 Å². The summed E-state index contributed by atoms with van der Waals surface area (Å²) in [5.74, 6) is -0.677. The summed E-state index contributed by atoms with van der Waals surface area (Å²) in [6.07, 6.45) is -0.102. The first-order valence-electron chi connectivity index (χ1n) is 7.13. The molecule has 1 heterocycles. The van der Waals surface area contributed by atoms with Crippen LogP contribution in [0.2, 0.25) is 5.02 Å². The fourth-order valence-corrected chi connectivity index (χ4v) is 2.34. The molecule has 0 radical (unpaired) electrons. The second-order valence-corrected chi connectivity index (χ2v) is 5.46. The van der Waals surface area contributed by atoms with Crippen LogP contribution in [-0.2, 0) is 16.0 Å². The first kappa shape index (κ1) is 18.8. The van der Waals surface area contributed by atoms with Crippen LogP contribution >= 0.6 is 11.6 Å². The van der Waals surface area contributed by atoms with Crippen LogP contribution in [0.1, 0.15) is 10.4 Å². The van der Waals surface area contributed by atoms with Crippen molar-refractivity contribution in [2.45, 2.75) is 12.6 Å². The Balaban J connectivity index is 2.52. The Morgan fingerprint density at radius 3 is 2.72 bits per heavy atom. The van der Waals surface area contributed by atoms with Crippen molar-refractivity contribution in [3.8, 4) is 5.69 Å². The molecule has 0 fully saturated rings. The van der Waals surface area contributed by atoms with E-state index in [-0.39, 0.29) is 29.4 Å². The minimum atomic E-state index is -1.04. The van der Waals surface area contributed by atoms with Crippen LogP contribution in [-0.4, -0.2) is 52.4 Å². The molecule has 1 atom stereocenters. The van der Waals surface area contributed by atoms with Crippen LogP contribution < -0.4 is 11.2 Å². The summed E-state index contributed by atoms with van der Waals surface area (Å²) in [5.41, 5.74) is -1.18. The van der Waals surface area contributed by atoms with Crippen LogP contribution in [0.25, 0.3) is 5.69 Å². The van der Waals surface area contributed by atoms with Crippen molar-refractivity contribution in [1.82, 2.24) is 14.3 Å². The maximum atomic E-state index is 12.5. The number of aliphatic hydroxyl groups excluding tert-OH is 1. The number of hydrogen-bond donors (Lipinski definition) is 1. The second kappa shape index (κ2) is 8.06. The number of ether oxygens (including phenoxy) is 2. The molecular weight excluding hydrogens is 354 g/mol. The van der Waals surface area contributed by atoms with E-state index in [4.69, 9.17) is 16.3 Å². The van der Waals surface area contributed by atoms with Gasteiger partial charge in [-0.2, -0.15) is 9.78 Å². The van der Waals surface area contributed by atoms with Gasteiger partial charge < -0.3 is 14.6 Å². The molecule has 0 saturated carbocycles. The Bertz CT molecular complexity index is 892. The molecule has 2 rings (SSSR count). The fourth-order valence-electron chi connectivity index (χ4n) is 2.15. The van der Waals surface area contributed by atoms with Gasteiger partial charge in [0.15, 0.2) is 0 Å². The number of rotatable bonds is 6. The largest absolute Gasteiger partial charge is 0.465 e. The summed E-state index contributed by atoms with van der Waals surface area (Å²) >= 11 is 5.95. The molecule has 0 aliphatic carbocycles. The highest BCUT2D eigenvalue weighted by Gasteiger charge is 2.16. The average Bonchev–Trinajstić information content (AvgIpc) is 2.59. The molecule has 1 aromatic carbocycles. The molecule has 25 heavy (non-hydrogen) atoms. The van der Waals surface area contributed by atoms with E-state index in [0.29, 0.717) is 0 Å². The number of carbonyl (C=O) groups excluding carboxylic acids is 1. The molecule has 0 aliphatic rings. The zero-order valence-electron chi connectivity index (χ0n) is 13.5. The smallest absolute Gasteiger partial charge is 0.352 e. The van der Waals surface area contributed by atoms with Gasteiger partial charge in [-0.3, -0.25) is 9.36 Å². The highest BCUT2D eigenvalue weighted by molar-refractivity contribution is 6.33. The lowest BCUT2D eigenvalue weighted by Crippen LogP contribution is -2.43. The highest BCUT2D eigenvalue weighted by Crippen LogP contribution is 2.19. The van der Waals surface area contributed by atoms with Crippen molar-refractivity contribution < 1.29 is 19.4 Å². The topological polar surface area (TPSA) is 113 Å². The Morgan fingerprint density at radius 2 is 2.08 bits per heavy atom. The maximum absolute atomic E-state index is 12.5. The molecule has 0 saturated heterocycles. The minimum Gasteiger partial charge on any atom is -0.465 e. The van der Waals surface area contributed by atoms with Gasteiger partial charge in [-0.05, 0) is 18.2 Å². The van der Waals surface area contributed by atoms with E-state index in [1.165, 1.54) is 32.4 Å². The van der Waals surface area contributed by atoms with E-state index in [0.717, 1.165) is 15.4 Å². The van der Waals surface area contributed by atoms with Gasteiger partial charge in [0.05, 0.1) is 42.6 Å². The molecule has 0 aliphatic heterocycles. The number of methoxy groups -OCH3 is 2. The number of halogens is 1. The summed E-state index contributed by atoms with van der Waals surface area (Å²) in [4.78, 5) is 36.1. The number of benzene rings is 1. The van der Waals surface area contributed by atoms with E-state index in [1.807, 2.05) is 0 Å². The van der Waals surface area contributed by atoms with Gasteiger partial charge in [-0.1, -0.05) is 11.6 Å². The summed E-state index contributed by atoms with van der Waals surface area (Å²) in [6, 6.07) is 4.19. The molecule has 1 N–H and O–H groups in total. The molecular formula is C15H16ClN3O6. The van der Waals surface area contributed by atoms with Gasteiger partial charge >= 0.3 is 11.7 Å². The van der Waals surface area contributed by atoms with Crippen LogP contribution in [0.3, 0.4) is 0 Å². The van der Waals surface area contributed by atoms with E-state index in [9.17, 15) is 19.5 Å². The number of hydrogen-bond acceptors (Lipinski definition) is 7. The van der Waals surface area contributed by atoms with Crippen LogP contribution in [0.15, 0.2) is 34.0 Å². The molecule has 1 unspecified atom stereocenters. The first-order valence-corrected chi connectivity index (χ1v) is 7.51. The van der Waals surface area contributed by atoms with Crippen LogP contribution in [0, 0.1) is 0 Å². The van der Waals surface area contributed by atoms with E-state index < -0.39 is 23.3 Å². The van der Waals surface area contributed by atoms with Crippen molar-refractivity contribution >= 4 is 17.6 Å². The molecule has 0 bridgehead atoms. The lowest BCUT2D eigenvalue weighted by Gasteiger charge is -2.13. The predicted octanol–water partition coefficient (Wildman–Crippen LogP) is -0.159. The standard InChI is InChI=1S/C15H16ClN3O6/c1-24-8-10(20)7-18-13(21)6-17-19(15(18)23)9-3-4-12(16)11(5-9)14(22)25-2/h3-6,10,20H,7-8H2,1-2H3. The predicted molar refractivity (Wildman–Crippen MR) is 88.3 cm³/mol. The number of carbonyl (C=O) groups is 1. The number of nitrogens with zero attached hydrogens (tertiary/aromatic N) is 3. The van der Waals surface area contributed by atoms with Gasteiger partial charge in [0, 0.05) is 7.11 Å². The summed E-state index contributed by atoms with van der Waals surface area (Å²) in [5, 5.41) is 13.7. The third kappa shape index (κ3) is 4.13. The van der Waals surface area contributed by atoms with Crippen molar-refractivity contribution in [2.75, 3.05) is 20.8 Å². The summed E-state index contributed by atoms with van der Waals surface area (Å²) in [6.45, 7) is -0.299. The highest BCUT2D eigenvalue weighted by atomic mass is 35.5. The van der Waals surface area contributed by atoms with Gasteiger partial charge in [-0.25, -0.2) is 9.59 Å². The molecule has 1 aromatic heterocycles. The molecule has 2 aromatic rings. The zero-order valence-corrected chi connectivity index (χ0v) is 14.3. The van der Waals surface area contributed by atoms with Crippen molar-refractivity contribution in [1.29, 1.82) is 0 Å². The lowest BCUT2D eigenvalue weighted by atomic mass is 10.2. The normalized spacial score (nSPS) is 12.0. The van der Waals surface area contributed by atoms with E-state index in [1.54, 1.807) is 0 Å². The van der Waals surface area contributed by atoms with Crippen molar-refractivity contribution in [3.05, 3.63) is 55.8 Å². The van der Waals surface area contributed by atoms with Gasteiger partial charge in [0.1, 0.15) is 6.20 Å². The molecule has 0 spiro atoms. The van der Waals surface area contributed by atoms with Crippen LogP contribution in [0.4, 0.5) is 0 Å². The maximum Gasteiger partial charge on any atom is 0.352 e. The van der Waals surface area contributed by atoms with Gasteiger partial charge in [-0.15, -0.1) is 0 Å². The van der Waals surface area contributed by atoms with Crippen molar-refractivity contribution in [3.63, 3.8) is 0 Å². The number of aliphatic hydroxyl groups is 1. The number of esters is 1.